The fraction of sp³-hybridized carbons (Fsp3) is 0.265. The Morgan fingerprint density at radius 1 is 0.978 bits per heavy atom. The van der Waals surface area contributed by atoms with Crippen LogP contribution in [0.3, 0.4) is 0 Å². The maximum absolute atomic E-state index is 14.7. The van der Waals surface area contributed by atoms with Crippen LogP contribution in [0, 0.1) is 11.2 Å². The zero-order chi connectivity index (χ0) is 31.7. The van der Waals surface area contributed by atoms with Gasteiger partial charge in [-0.25, -0.2) is 9.37 Å². The number of hydrogen-bond acceptors (Lipinski definition) is 7. The van der Waals surface area contributed by atoms with Gasteiger partial charge in [-0.1, -0.05) is 32.9 Å². The Balaban J connectivity index is 1.33. The van der Waals surface area contributed by atoms with Crippen molar-refractivity contribution in [2.24, 2.45) is 5.41 Å². The van der Waals surface area contributed by atoms with Crippen molar-refractivity contribution in [3.05, 3.63) is 72.9 Å². The molecule has 4 heterocycles. The molecule has 0 spiro atoms. The van der Waals surface area contributed by atoms with Crippen molar-refractivity contribution in [2.45, 2.75) is 27.2 Å². The standard InChI is InChI=1S/C34H36FN9O/c1-34(2,3)16-30(45)39-24-13-21(17-36-18-24)28-15-26-29(19-38-28)42-43-32(26)33-40-27-8-6-7-25(31(27)41-33)20-11-22(35)14-23(12-20)37-9-10-44(4)5/h6-8,11-15,17-19,37H,9-10,16H2,1-5H3,(H,39,45)(H,40,41)(H,42,43). The number of carbonyl (C=O) groups is 1. The third kappa shape index (κ3) is 6.83. The number of benzene rings is 2. The summed E-state index contributed by atoms with van der Waals surface area (Å²) in [6, 6.07) is 14.6. The Morgan fingerprint density at radius 3 is 2.60 bits per heavy atom. The smallest absolute Gasteiger partial charge is 0.224 e. The normalized spacial score (nSPS) is 11.9. The van der Waals surface area contributed by atoms with E-state index in [4.69, 9.17) is 4.98 Å². The number of hydrogen-bond donors (Lipinski definition) is 4. The summed E-state index contributed by atoms with van der Waals surface area (Å²) in [4.78, 5) is 31.8. The minimum Gasteiger partial charge on any atom is -0.384 e. The molecule has 0 aliphatic carbocycles. The zero-order valence-electron chi connectivity index (χ0n) is 26.0. The van der Waals surface area contributed by atoms with Crippen molar-refractivity contribution in [3.8, 4) is 33.9 Å². The molecule has 4 N–H and O–H groups in total. The lowest BCUT2D eigenvalue weighted by atomic mass is 9.92. The molecule has 0 atom stereocenters. The number of likely N-dealkylation sites (N-methyl/N-ethyl adjacent to an activating group) is 1. The molecule has 45 heavy (non-hydrogen) atoms. The number of para-hydroxylation sites is 1. The molecule has 0 saturated carbocycles. The first-order valence-corrected chi connectivity index (χ1v) is 14.8. The van der Waals surface area contributed by atoms with Gasteiger partial charge in [0, 0.05) is 47.9 Å². The number of halogens is 1. The van der Waals surface area contributed by atoms with Gasteiger partial charge in [0.1, 0.15) is 11.5 Å². The van der Waals surface area contributed by atoms with Crippen LogP contribution in [0.4, 0.5) is 15.8 Å². The predicted octanol–water partition coefficient (Wildman–Crippen LogP) is 6.72. The first-order chi connectivity index (χ1) is 21.5. The first kappa shape index (κ1) is 29.9. The van der Waals surface area contributed by atoms with E-state index >= 15 is 0 Å². The van der Waals surface area contributed by atoms with E-state index < -0.39 is 0 Å². The Labute approximate surface area is 260 Å². The third-order valence-corrected chi connectivity index (χ3v) is 7.29. The predicted molar refractivity (Wildman–Crippen MR) is 177 cm³/mol. The molecule has 0 unspecified atom stereocenters. The number of aromatic nitrogens is 6. The lowest BCUT2D eigenvalue weighted by Gasteiger charge is -2.17. The number of imidazole rings is 1. The fourth-order valence-corrected chi connectivity index (χ4v) is 5.24. The van der Waals surface area contributed by atoms with Crippen LogP contribution in [0.25, 0.3) is 55.8 Å². The van der Waals surface area contributed by atoms with Crippen molar-refractivity contribution in [1.82, 2.24) is 35.0 Å². The Bertz CT molecular complexity index is 2000. The molecular formula is C34H36FN9O. The van der Waals surface area contributed by atoms with Crippen LogP contribution in [0.2, 0.25) is 0 Å². The quantitative estimate of drug-likeness (QED) is 0.144. The molecule has 230 valence electrons. The van der Waals surface area contributed by atoms with Crippen LogP contribution >= 0.6 is 0 Å². The van der Waals surface area contributed by atoms with E-state index in [1.54, 1.807) is 18.6 Å². The zero-order valence-corrected chi connectivity index (χ0v) is 26.0. The van der Waals surface area contributed by atoms with E-state index in [-0.39, 0.29) is 17.1 Å². The Hall–Kier alpha value is -5.16. The van der Waals surface area contributed by atoms with E-state index in [9.17, 15) is 9.18 Å². The summed E-state index contributed by atoms with van der Waals surface area (Å²) in [5.41, 5.74) is 7.06. The van der Waals surface area contributed by atoms with Crippen molar-refractivity contribution in [3.63, 3.8) is 0 Å². The van der Waals surface area contributed by atoms with Gasteiger partial charge < -0.3 is 20.5 Å². The van der Waals surface area contributed by atoms with Crippen molar-refractivity contribution in [1.29, 1.82) is 0 Å². The number of pyridine rings is 2. The van der Waals surface area contributed by atoms with Gasteiger partial charge in [-0.05, 0) is 61.5 Å². The van der Waals surface area contributed by atoms with Gasteiger partial charge >= 0.3 is 0 Å². The molecule has 6 rings (SSSR count). The van der Waals surface area contributed by atoms with Crippen molar-refractivity contribution >= 4 is 39.2 Å². The lowest BCUT2D eigenvalue weighted by Crippen LogP contribution is -2.20. The number of anilines is 2. The largest absolute Gasteiger partial charge is 0.384 e. The molecule has 10 nitrogen and oxygen atoms in total. The van der Waals surface area contributed by atoms with E-state index in [0.717, 1.165) is 39.7 Å². The van der Waals surface area contributed by atoms with Gasteiger partial charge in [0.25, 0.3) is 0 Å². The number of fused-ring (bicyclic) bond motifs is 2. The van der Waals surface area contributed by atoms with Gasteiger partial charge in [0.05, 0.1) is 40.3 Å². The molecule has 0 fully saturated rings. The van der Waals surface area contributed by atoms with Gasteiger partial charge in [-0.2, -0.15) is 5.10 Å². The molecule has 1 amide bonds. The lowest BCUT2D eigenvalue weighted by molar-refractivity contribution is -0.117. The third-order valence-electron chi connectivity index (χ3n) is 7.29. The summed E-state index contributed by atoms with van der Waals surface area (Å²) in [5.74, 6) is 0.183. The van der Waals surface area contributed by atoms with Gasteiger partial charge in [-0.3, -0.25) is 19.9 Å². The number of aromatic amines is 2. The second-order valence-electron chi connectivity index (χ2n) is 12.7. The molecule has 0 radical (unpaired) electrons. The minimum absolute atomic E-state index is 0.0682. The molecule has 2 aromatic carbocycles. The van der Waals surface area contributed by atoms with Crippen molar-refractivity contribution in [2.75, 3.05) is 37.8 Å². The second-order valence-corrected chi connectivity index (χ2v) is 12.7. The van der Waals surface area contributed by atoms with Crippen LogP contribution < -0.4 is 10.6 Å². The molecule has 0 bridgehead atoms. The highest BCUT2D eigenvalue weighted by molar-refractivity contribution is 5.98. The van der Waals surface area contributed by atoms with Crippen molar-refractivity contribution < 1.29 is 9.18 Å². The highest BCUT2D eigenvalue weighted by Crippen LogP contribution is 2.34. The number of carbonyl (C=O) groups excluding carboxylic acids is 1. The fourth-order valence-electron chi connectivity index (χ4n) is 5.24. The molecule has 6 aromatic rings. The van der Waals surface area contributed by atoms with Crippen LogP contribution in [-0.2, 0) is 4.79 Å². The molecule has 11 heteroatoms. The van der Waals surface area contributed by atoms with E-state index in [1.165, 1.54) is 12.1 Å². The highest BCUT2D eigenvalue weighted by atomic mass is 19.1. The molecule has 0 aliphatic heterocycles. The van der Waals surface area contributed by atoms with Crippen LogP contribution in [0.15, 0.2) is 67.1 Å². The molecule has 4 aromatic heterocycles. The van der Waals surface area contributed by atoms with Crippen LogP contribution in [0.1, 0.15) is 27.2 Å². The number of nitrogens with one attached hydrogen (secondary N) is 4. The number of amides is 1. The Morgan fingerprint density at radius 2 is 1.80 bits per heavy atom. The van der Waals surface area contributed by atoms with Crippen LogP contribution in [-0.4, -0.2) is 68.1 Å². The average molecular weight is 606 g/mol. The summed E-state index contributed by atoms with van der Waals surface area (Å²) < 4.78 is 14.7. The van der Waals surface area contributed by atoms with E-state index in [0.29, 0.717) is 47.1 Å². The van der Waals surface area contributed by atoms with E-state index in [1.807, 2.05) is 71.3 Å². The number of rotatable bonds is 9. The average Bonchev–Trinajstić information content (AvgIpc) is 3.59. The minimum atomic E-state index is -0.321. The van der Waals surface area contributed by atoms with Crippen LogP contribution in [0.5, 0.6) is 0 Å². The number of H-pyrrole nitrogens is 2. The summed E-state index contributed by atoms with van der Waals surface area (Å²) >= 11 is 0. The van der Waals surface area contributed by atoms with Gasteiger partial charge in [-0.15, -0.1) is 0 Å². The maximum atomic E-state index is 14.7. The van der Waals surface area contributed by atoms with Gasteiger partial charge in [0.2, 0.25) is 5.91 Å². The molecular weight excluding hydrogens is 569 g/mol. The van der Waals surface area contributed by atoms with Gasteiger partial charge in [0.15, 0.2) is 5.82 Å². The molecule has 0 aliphatic rings. The monoisotopic (exact) mass is 605 g/mol. The summed E-state index contributed by atoms with van der Waals surface area (Å²) in [7, 11) is 4.00. The second kappa shape index (κ2) is 12.1. The summed E-state index contributed by atoms with van der Waals surface area (Å²) in [6.07, 6.45) is 5.45. The molecule has 0 saturated heterocycles. The SMILES string of the molecule is CN(C)CCNc1cc(F)cc(-c2cccc3[nH]c(-c4n[nH]c5cnc(-c6cncc(NC(=O)CC(C)(C)C)c6)cc45)nc23)c1. The Kier molecular flexibility index (Phi) is 8.03. The van der Waals surface area contributed by atoms with E-state index in [2.05, 4.69) is 40.7 Å². The number of nitrogens with zero attached hydrogens (tertiary/aromatic N) is 5. The first-order valence-electron chi connectivity index (χ1n) is 14.8. The highest BCUT2D eigenvalue weighted by Gasteiger charge is 2.18. The maximum Gasteiger partial charge on any atom is 0.224 e. The summed E-state index contributed by atoms with van der Waals surface area (Å²) in [6.45, 7) is 7.59. The topological polar surface area (TPSA) is 128 Å². The summed E-state index contributed by atoms with van der Waals surface area (Å²) in [5, 5.41) is 14.7.